The summed E-state index contributed by atoms with van der Waals surface area (Å²) in [4.78, 5) is 22.9. The van der Waals surface area contributed by atoms with Crippen LogP contribution in [0.1, 0.15) is 31.8 Å². The number of amides is 1. The Morgan fingerprint density at radius 2 is 1.92 bits per heavy atom. The molecule has 0 aliphatic carbocycles. The Morgan fingerprint density at radius 3 is 2.48 bits per heavy atom. The number of hydrogen-bond donors (Lipinski definition) is 2. The Hall–Kier alpha value is -2.42. The molecule has 0 aromatic heterocycles. The Morgan fingerprint density at radius 1 is 1.24 bits per heavy atom. The monoisotopic (exact) mass is 419 g/mol. The summed E-state index contributed by atoms with van der Waals surface area (Å²) in [7, 11) is 0. The number of benzene rings is 2. The van der Waals surface area contributed by atoms with Gasteiger partial charge in [0.2, 0.25) is 0 Å². The van der Waals surface area contributed by atoms with Gasteiger partial charge in [-0.2, -0.15) is 13.2 Å². The van der Waals surface area contributed by atoms with Crippen molar-refractivity contribution in [3.8, 4) is 5.75 Å². The third kappa shape index (κ3) is 4.36. The van der Waals surface area contributed by atoms with Crippen LogP contribution in [0, 0.1) is 5.82 Å². The first-order valence-corrected chi connectivity index (χ1v) is 7.54. The van der Waals surface area contributed by atoms with Crippen molar-refractivity contribution in [2.45, 2.75) is 12.7 Å². The lowest BCUT2D eigenvalue weighted by Crippen LogP contribution is -2.23. The molecule has 1 amide bonds. The van der Waals surface area contributed by atoms with E-state index in [0.29, 0.717) is 18.4 Å². The number of hydrogen-bond acceptors (Lipinski definition) is 3. The normalized spacial score (nSPS) is 11.2. The van der Waals surface area contributed by atoms with Crippen LogP contribution in [0.5, 0.6) is 5.75 Å². The second-order valence-corrected chi connectivity index (χ2v) is 5.86. The summed E-state index contributed by atoms with van der Waals surface area (Å²) in [6.45, 7) is -0.219. The second-order valence-electron chi connectivity index (χ2n) is 5.01. The lowest BCUT2D eigenvalue weighted by atomic mass is 10.1. The standard InChI is InChI=1S/C16H10BrF4NO3/c17-12-5-9(4-10(7-23)14(12)24)15(25)22-6-8-1-2-11(13(18)3-8)16(19,20)21/h1-5,7,24H,6H2,(H,22,25). The molecule has 0 radical (unpaired) electrons. The third-order valence-electron chi connectivity index (χ3n) is 3.27. The van der Waals surface area contributed by atoms with Crippen molar-refractivity contribution >= 4 is 28.1 Å². The number of phenolic OH excluding ortho intramolecular Hbond substituents is 1. The molecule has 0 heterocycles. The van der Waals surface area contributed by atoms with E-state index in [-0.39, 0.29) is 33.5 Å². The number of aldehydes is 1. The number of aromatic hydroxyl groups is 1. The first kappa shape index (κ1) is 18.9. The SMILES string of the molecule is O=Cc1cc(C(=O)NCc2ccc(C(F)(F)F)c(F)c2)cc(Br)c1O. The topological polar surface area (TPSA) is 66.4 Å². The number of carbonyl (C=O) groups is 2. The minimum absolute atomic E-state index is 0.0409. The molecule has 0 atom stereocenters. The van der Waals surface area contributed by atoms with E-state index in [1.807, 2.05) is 0 Å². The molecule has 0 unspecified atom stereocenters. The van der Waals surface area contributed by atoms with Crippen LogP contribution in [0.15, 0.2) is 34.8 Å². The number of nitrogens with one attached hydrogen (secondary N) is 1. The van der Waals surface area contributed by atoms with E-state index < -0.39 is 23.5 Å². The molecule has 0 saturated carbocycles. The minimum Gasteiger partial charge on any atom is -0.506 e. The molecule has 0 spiro atoms. The Balaban J connectivity index is 2.14. The van der Waals surface area contributed by atoms with Gasteiger partial charge in [-0.1, -0.05) is 6.07 Å². The van der Waals surface area contributed by atoms with Crippen molar-refractivity contribution in [1.29, 1.82) is 0 Å². The largest absolute Gasteiger partial charge is 0.506 e. The van der Waals surface area contributed by atoms with Crippen LogP contribution >= 0.6 is 15.9 Å². The van der Waals surface area contributed by atoms with Crippen molar-refractivity contribution in [3.63, 3.8) is 0 Å². The first-order valence-electron chi connectivity index (χ1n) is 6.75. The van der Waals surface area contributed by atoms with Gasteiger partial charge in [0.15, 0.2) is 6.29 Å². The van der Waals surface area contributed by atoms with E-state index in [0.717, 1.165) is 12.1 Å². The maximum atomic E-state index is 13.5. The Bertz CT molecular complexity index is 837. The molecule has 2 aromatic carbocycles. The van der Waals surface area contributed by atoms with Crippen molar-refractivity contribution in [3.05, 3.63) is 62.9 Å². The molecule has 9 heteroatoms. The van der Waals surface area contributed by atoms with Crippen LogP contribution in [-0.2, 0) is 12.7 Å². The summed E-state index contributed by atoms with van der Waals surface area (Å²) >= 11 is 2.99. The molecule has 0 fully saturated rings. The lowest BCUT2D eigenvalue weighted by molar-refractivity contribution is -0.140. The zero-order valence-electron chi connectivity index (χ0n) is 12.3. The summed E-state index contributed by atoms with van der Waals surface area (Å²) in [6.07, 6.45) is -4.43. The average Bonchev–Trinajstić information content (AvgIpc) is 2.53. The van der Waals surface area contributed by atoms with E-state index in [2.05, 4.69) is 21.2 Å². The molecule has 0 bridgehead atoms. The van der Waals surface area contributed by atoms with Gasteiger partial charge in [-0.25, -0.2) is 4.39 Å². The number of carbonyl (C=O) groups excluding carboxylic acids is 2. The summed E-state index contributed by atoms with van der Waals surface area (Å²) in [6, 6.07) is 4.75. The fourth-order valence-corrected chi connectivity index (χ4v) is 2.50. The van der Waals surface area contributed by atoms with Gasteiger partial charge in [0.1, 0.15) is 11.6 Å². The predicted molar refractivity (Wildman–Crippen MR) is 83.8 cm³/mol. The summed E-state index contributed by atoms with van der Waals surface area (Å²) < 4.78 is 51.1. The van der Waals surface area contributed by atoms with E-state index in [1.54, 1.807) is 0 Å². The van der Waals surface area contributed by atoms with Gasteiger partial charge in [-0.3, -0.25) is 9.59 Å². The molecular weight excluding hydrogens is 410 g/mol. The van der Waals surface area contributed by atoms with Crippen molar-refractivity contribution < 1.29 is 32.3 Å². The fourth-order valence-electron chi connectivity index (χ4n) is 2.02. The van der Waals surface area contributed by atoms with Crippen LogP contribution in [0.3, 0.4) is 0 Å². The van der Waals surface area contributed by atoms with Gasteiger partial charge in [0.05, 0.1) is 15.6 Å². The van der Waals surface area contributed by atoms with Crippen LogP contribution in [0.25, 0.3) is 0 Å². The third-order valence-corrected chi connectivity index (χ3v) is 3.88. The van der Waals surface area contributed by atoms with Crippen LogP contribution in [0.4, 0.5) is 17.6 Å². The molecule has 2 N–H and O–H groups in total. The zero-order valence-corrected chi connectivity index (χ0v) is 13.9. The van der Waals surface area contributed by atoms with E-state index >= 15 is 0 Å². The highest BCUT2D eigenvalue weighted by Crippen LogP contribution is 2.31. The van der Waals surface area contributed by atoms with Gasteiger partial charge in [-0.05, 0) is 45.8 Å². The minimum atomic E-state index is -4.80. The highest BCUT2D eigenvalue weighted by Gasteiger charge is 2.33. The molecule has 0 aliphatic rings. The van der Waals surface area contributed by atoms with Crippen molar-refractivity contribution in [1.82, 2.24) is 5.32 Å². The highest BCUT2D eigenvalue weighted by atomic mass is 79.9. The van der Waals surface area contributed by atoms with E-state index in [1.165, 1.54) is 6.07 Å². The maximum absolute atomic E-state index is 13.5. The van der Waals surface area contributed by atoms with Gasteiger partial charge in [0.25, 0.3) is 5.91 Å². The molecule has 0 aliphatic heterocycles. The Kier molecular flexibility index (Phi) is 5.46. The molecule has 25 heavy (non-hydrogen) atoms. The highest BCUT2D eigenvalue weighted by molar-refractivity contribution is 9.10. The van der Waals surface area contributed by atoms with E-state index in [9.17, 15) is 32.3 Å². The molecule has 2 rings (SSSR count). The number of halogens is 5. The molecule has 2 aromatic rings. The van der Waals surface area contributed by atoms with Crippen LogP contribution in [0.2, 0.25) is 0 Å². The van der Waals surface area contributed by atoms with Gasteiger partial charge >= 0.3 is 6.18 Å². The molecular formula is C16H10BrF4NO3. The van der Waals surface area contributed by atoms with Crippen LogP contribution < -0.4 is 5.32 Å². The zero-order chi connectivity index (χ0) is 18.8. The van der Waals surface area contributed by atoms with Gasteiger partial charge in [0, 0.05) is 12.1 Å². The first-order chi connectivity index (χ1) is 11.6. The summed E-state index contributed by atoms with van der Waals surface area (Å²) in [5, 5.41) is 12.0. The van der Waals surface area contributed by atoms with Gasteiger partial charge in [-0.15, -0.1) is 0 Å². The van der Waals surface area contributed by atoms with Crippen molar-refractivity contribution in [2.75, 3.05) is 0 Å². The smallest absolute Gasteiger partial charge is 0.419 e. The maximum Gasteiger partial charge on any atom is 0.419 e. The second kappa shape index (κ2) is 7.22. The fraction of sp³-hybridized carbons (Fsp3) is 0.125. The summed E-state index contributed by atoms with van der Waals surface area (Å²) in [5.74, 6) is -2.41. The number of alkyl halides is 3. The van der Waals surface area contributed by atoms with Crippen molar-refractivity contribution in [2.24, 2.45) is 0 Å². The summed E-state index contributed by atoms with van der Waals surface area (Å²) in [5.41, 5.74) is -1.33. The van der Waals surface area contributed by atoms with E-state index in [4.69, 9.17) is 0 Å². The molecule has 4 nitrogen and oxygen atoms in total. The number of phenols is 1. The molecule has 132 valence electrons. The molecule has 0 saturated heterocycles. The number of rotatable bonds is 4. The van der Waals surface area contributed by atoms with Gasteiger partial charge < -0.3 is 10.4 Å². The van der Waals surface area contributed by atoms with Crippen LogP contribution in [-0.4, -0.2) is 17.3 Å². The average molecular weight is 420 g/mol. The quantitative estimate of drug-likeness (QED) is 0.580. The Labute approximate surface area is 147 Å². The lowest BCUT2D eigenvalue weighted by Gasteiger charge is -2.11. The predicted octanol–water partition coefficient (Wildman–Crippen LogP) is 4.06.